The van der Waals surface area contributed by atoms with Crippen LogP contribution in [0.1, 0.15) is 16.1 Å². The Balaban J connectivity index is 1.23. The van der Waals surface area contributed by atoms with Crippen LogP contribution in [0.4, 0.5) is 10.2 Å². The molecule has 0 saturated carbocycles. The third-order valence-corrected chi connectivity index (χ3v) is 5.78. The van der Waals surface area contributed by atoms with Gasteiger partial charge in [-0.25, -0.2) is 9.07 Å². The summed E-state index contributed by atoms with van der Waals surface area (Å²) in [6, 6.07) is 18.1. The molecule has 1 aliphatic rings. The van der Waals surface area contributed by atoms with Gasteiger partial charge in [-0.3, -0.25) is 14.6 Å². The minimum atomic E-state index is -0.392. The molecule has 0 bridgehead atoms. The van der Waals surface area contributed by atoms with Crippen molar-refractivity contribution < 1.29 is 9.18 Å². The summed E-state index contributed by atoms with van der Waals surface area (Å²) >= 11 is 0. The van der Waals surface area contributed by atoms with Gasteiger partial charge in [-0.1, -0.05) is 18.2 Å². The number of amides is 1. The highest BCUT2D eigenvalue weighted by Crippen LogP contribution is 2.18. The van der Waals surface area contributed by atoms with Gasteiger partial charge in [0.15, 0.2) is 5.82 Å². The smallest absolute Gasteiger partial charge is 0.274 e. The molecule has 1 amide bonds. The first-order valence-electron chi connectivity index (χ1n) is 11.2. The molecule has 4 aromatic rings. The van der Waals surface area contributed by atoms with E-state index in [0.29, 0.717) is 37.4 Å². The maximum Gasteiger partial charge on any atom is 0.274 e. The molecule has 0 aliphatic carbocycles. The van der Waals surface area contributed by atoms with E-state index in [9.17, 15) is 14.0 Å². The topological polar surface area (TPSA) is 97.1 Å². The standard InChI is InChI=1S/C25H22FN7O2/c26-19-5-3-4-18(16-19)17-33-24(34)10-8-22(30-33)25(35)32-14-12-31(13-15-32)23-9-7-21(28-29-23)20-6-1-2-11-27-20/h1-11,16H,12-15,17H2. The lowest BCUT2D eigenvalue weighted by Crippen LogP contribution is -2.49. The molecule has 1 saturated heterocycles. The van der Waals surface area contributed by atoms with E-state index in [-0.39, 0.29) is 23.7 Å². The lowest BCUT2D eigenvalue weighted by atomic mass is 10.2. The largest absolute Gasteiger partial charge is 0.352 e. The Morgan fingerprint density at radius 3 is 2.46 bits per heavy atom. The van der Waals surface area contributed by atoms with Crippen LogP contribution in [0.25, 0.3) is 11.4 Å². The van der Waals surface area contributed by atoms with Crippen LogP contribution in [0.15, 0.2) is 77.7 Å². The average Bonchev–Trinajstić information content (AvgIpc) is 2.90. The molecule has 5 rings (SSSR count). The Hall–Kier alpha value is -4.47. The van der Waals surface area contributed by atoms with Gasteiger partial charge in [0, 0.05) is 38.4 Å². The van der Waals surface area contributed by atoms with Gasteiger partial charge in [-0.15, -0.1) is 10.2 Å². The van der Waals surface area contributed by atoms with Gasteiger partial charge in [0.1, 0.15) is 17.2 Å². The van der Waals surface area contributed by atoms with Crippen molar-refractivity contribution in [2.75, 3.05) is 31.1 Å². The highest BCUT2D eigenvalue weighted by molar-refractivity contribution is 5.92. The van der Waals surface area contributed by atoms with Crippen molar-refractivity contribution in [1.82, 2.24) is 29.9 Å². The number of pyridine rings is 1. The summed E-state index contributed by atoms with van der Waals surface area (Å²) in [6.07, 6.45) is 1.71. The number of piperazine rings is 1. The first kappa shape index (κ1) is 22.3. The summed E-state index contributed by atoms with van der Waals surface area (Å²) in [4.78, 5) is 33.3. The number of carbonyl (C=O) groups is 1. The lowest BCUT2D eigenvalue weighted by molar-refractivity contribution is 0.0737. The zero-order valence-electron chi connectivity index (χ0n) is 18.8. The maximum atomic E-state index is 13.5. The van der Waals surface area contributed by atoms with Crippen molar-refractivity contribution in [3.05, 3.63) is 100 Å². The summed E-state index contributed by atoms with van der Waals surface area (Å²) in [5.41, 5.74) is 1.86. The van der Waals surface area contributed by atoms with E-state index in [1.807, 2.05) is 30.3 Å². The van der Waals surface area contributed by atoms with Gasteiger partial charge in [0.2, 0.25) is 0 Å². The van der Waals surface area contributed by atoms with Gasteiger partial charge < -0.3 is 9.80 Å². The summed E-state index contributed by atoms with van der Waals surface area (Å²) in [6.45, 7) is 2.22. The predicted octanol–water partition coefficient (Wildman–Crippen LogP) is 2.25. The minimum absolute atomic E-state index is 0.0820. The normalized spacial score (nSPS) is 13.6. The number of benzene rings is 1. The van der Waals surface area contributed by atoms with E-state index in [2.05, 4.69) is 25.2 Å². The maximum absolute atomic E-state index is 13.5. The van der Waals surface area contributed by atoms with Gasteiger partial charge >= 0.3 is 0 Å². The van der Waals surface area contributed by atoms with Crippen molar-refractivity contribution in [2.24, 2.45) is 0 Å². The number of rotatable bonds is 5. The zero-order valence-corrected chi connectivity index (χ0v) is 18.8. The zero-order chi connectivity index (χ0) is 24.2. The Morgan fingerprint density at radius 2 is 1.74 bits per heavy atom. The lowest BCUT2D eigenvalue weighted by Gasteiger charge is -2.35. The van der Waals surface area contributed by atoms with Gasteiger partial charge in [-0.05, 0) is 48.0 Å². The molecule has 0 atom stereocenters. The Morgan fingerprint density at radius 1 is 0.886 bits per heavy atom. The van der Waals surface area contributed by atoms with Crippen LogP contribution in [-0.4, -0.2) is 61.9 Å². The third-order valence-electron chi connectivity index (χ3n) is 5.78. The van der Waals surface area contributed by atoms with Crippen molar-refractivity contribution in [2.45, 2.75) is 6.54 Å². The second-order valence-corrected chi connectivity index (χ2v) is 8.12. The number of anilines is 1. The number of aromatic nitrogens is 5. The van der Waals surface area contributed by atoms with Gasteiger partial charge in [0.05, 0.1) is 12.2 Å². The number of hydrogen-bond donors (Lipinski definition) is 0. The molecule has 1 aromatic carbocycles. The fraction of sp³-hybridized carbons (Fsp3) is 0.200. The van der Waals surface area contributed by atoms with E-state index in [4.69, 9.17) is 0 Å². The van der Waals surface area contributed by atoms with Gasteiger partial charge in [0.25, 0.3) is 11.5 Å². The van der Waals surface area contributed by atoms with E-state index >= 15 is 0 Å². The number of carbonyl (C=O) groups excluding carboxylic acids is 1. The van der Waals surface area contributed by atoms with Crippen molar-refractivity contribution >= 4 is 11.7 Å². The first-order valence-corrected chi connectivity index (χ1v) is 11.2. The van der Waals surface area contributed by atoms with Crippen LogP contribution < -0.4 is 10.5 Å². The van der Waals surface area contributed by atoms with E-state index in [0.717, 1.165) is 11.5 Å². The van der Waals surface area contributed by atoms with E-state index < -0.39 is 5.82 Å². The minimum Gasteiger partial charge on any atom is -0.352 e. The van der Waals surface area contributed by atoms with Crippen LogP contribution in [0.3, 0.4) is 0 Å². The molecule has 176 valence electrons. The molecule has 3 aromatic heterocycles. The van der Waals surface area contributed by atoms with E-state index in [1.165, 1.54) is 28.9 Å². The third kappa shape index (κ3) is 5.06. The van der Waals surface area contributed by atoms with Crippen LogP contribution in [-0.2, 0) is 6.54 Å². The van der Waals surface area contributed by atoms with Crippen LogP contribution >= 0.6 is 0 Å². The van der Waals surface area contributed by atoms with Gasteiger partial charge in [-0.2, -0.15) is 5.10 Å². The Labute approximate surface area is 200 Å². The number of nitrogens with zero attached hydrogens (tertiary/aromatic N) is 7. The fourth-order valence-electron chi connectivity index (χ4n) is 3.93. The summed E-state index contributed by atoms with van der Waals surface area (Å²) in [5.74, 6) is 0.0875. The molecular formula is C25H22FN7O2. The molecular weight excluding hydrogens is 449 g/mol. The second-order valence-electron chi connectivity index (χ2n) is 8.12. The quantitative estimate of drug-likeness (QED) is 0.440. The molecule has 0 N–H and O–H groups in total. The van der Waals surface area contributed by atoms with Crippen LogP contribution in [0.2, 0.25) is 0 Å². The van der Waals surface area contributed by atoms with Crippen molar-refractivity contribution in [1.29, 1.82) is 0 Å². The molecule has 0 radical (unpaired) electrons. The summed E-state index contributed by atoms with van der Waals surface area (Å²) in [7, 11) is 0. The molecule has 4 heterocycles. The Kier molecular flexibility index (Phi) is 6.25. The summed E-state index contributed by atoms with van der Waals surface area (Å²) in [5, 5.41) is 12.8. The molecule has 1 fully saturated rings. The summed E-state index contributed by atoms with van der Waals surface area (Å²) < 4.78 is 14.7. The van der Waals surface area contributed by atoms with Crippen LogP contribution in [0, 0.1) is 5.82 Å². The van der Waals surface area contributed by atoms with Crippen molar-refractivity contribution in [3.8, 4) is 11.4 Å². The highest BCUT2D eigenvalue weighted by Gasteiger charge is 2.24. The molecule has 0 spiro atoms. The SMILES string of the molecule is O=C(c1ccc(=O)n(Cc2cccc(F)c2)n1)N1CCN(c2ccc(-c3ccccn3)nn2)CC1. The molecule has 0 unspecified atom stereocenters. The molecule has 10 heteroatoms. The Bertz CT molecular complexity index is 1390. The second kappa shape index (κ2) is 9.80. The molecule has 35 heavy (non-hydrogen) atoms. The van der Waals surface area contributed by atoms with Crippen LogP contribution in [0.5, 0.6) is 0 Å². The fourth-order valence-corrected chi connectivity index (χ4v) is 3.93. The first-order chi connectivity index (χ1) is 17.1. The highest BCUT2D eigenvalue weighted by atomic mass is 19.1. The molecule has 9 nitrogen and oxygen atoms in total. The van der Waals surface area contributed by atoms with E-state index in [1.54, 1.807) is 23.2 Å². The predicted molar refractivity (Wildman–Crippen MR) is 127 cm³/mol. The average molecular weight is 471 g/mol. The molecule has 1 aliphatic heterocycles. The number of halogens is 1. The van der Waals surface area contributed by atoms with Crippen molar-refractivity contribution in [3.63, 3.8) is 0 Å². The number of hydrogen-bond acceptors (Lipinski definition) is 7. The monoisotopic (exact) mass is 471 g/mol.